The molecule has 0 heterocycles. The summed E-state index contributed by atoms with van der Waals surface area (Å²) in [6.45, 7) is 4.28. The van der Waals surface area contributed by atoms with Crippen LogP contribution >= 0.6 is 12.4 Å². The number of halogens is 1. The van der Waals surface area contributed by atoms with E-state index in [0.717, 1.165) is 5.56 Å². The van der Waals surface area contributed by atoms with Crippen molar-refractivity contribution in [1.82, 2.24) is 0 Å². The summed E-state index contributed by atoms with van der Waals surface area (Å²) in [6.07, 6.45) is 0.220. The fourth-order valence-corrected chi connectivity index (χ4v) is 1.51. The van der Waals surface area contributed by atoms with Gasteiger partial charge < -0.3 is 10.5 Å². The van der Waals surface area contributed by atoms with Gasteiger partial charge in [-0.3, -0.25) is 4.79 Å². The molecule has 0 saturated heterocycles. The summed E-state index contributed by atoms with van der Waals surface area (Å²) in [5, 5.41) is 0. The number of ether oxygens (including phenoxy) is 1. The third-order valence-corrected chi connectivity index (χ3v) is 2.65. The smallest absolute Gasteiger partial charge is 0.307 e. The Morgan fingerprint density at radius 3 is 2.12 bits per heavy atom. The standard InChI is InChI=1S/C13H19NO2.ClH/c1-9(2)10-4-6-11(7-5-10)12(14)8-13(15)16-3;/h4-7,9,12H,8,14H2,1-3H3;1H/t12-;/m1./s1. The van der Waals surface area contributed by atoms with Crippen molar-refractivity contribution >= 4 is 18.4 Å². The van der Waals surface area contributed by atoms with Gasteiger partial charge >= 0.3 is 5.97 Å². The van der Waals surface area contributed by atoms with Crippen LogP contribution in [-0.4, -0.2) is 13.1 Å². The fraction of sp³-hybridized carbons (Fsp3) is 0.462. The lowest BCUT2D eigenvalue weighted by atomic mass is 9.98. The molecule has 0 aromatic heterocycles. The number of hydrogen-bond donors (Lipinski definition) is 1. The molecular formula is C13H20ClNO2. The first-order valence-corrected chi connectivity index (χ1v) is 5.47. The second-order valence-corrected chi connectivity index (χ2v) is 4.21. The molecule has 0 aliphatic heterocycles. The van der Waals surface area contributed by atoms with Crippen LogP contribution in [-0.2, 0) is 9.53 Å². The lowest BCUT2D eigenvalue weighted by Gasteiger charge is -2.12. The van der Waals surface area contributed by atoms with Crippen LogP contribution in [0.4, 0.5) is 0 Å². The van der Waals surface area contributed by atoms with Crippen molar-refractivity contribution in [2.45, 2.75) is 32.2 Å². The van der Waals surface area contributed by atoms with E-state index in [4.69, 9.17) is 5.73 Å². The summed E-state index contributed by atoms with van der Waals surface area (Å²) in [7, 11) is 1.37. The number of carbonyl (C=O) groups excluding carboxylic acids is 1. The highest BCUT2D eigenvalue weighted by atomic mass is 35.5. The van der Waals surface area contributed by atoms with E-state index >= 15 is 0 Å². The van der Waals surface area contributed by atoms with Crippen LogP contribution in [0.15, 0.2) is 24.3 Å². The van der Waals surface area contributed by atoms with E-state index in [1.807, 2.05) is 12.1 Å². The van der Waals surface area contributed by atoms with Gasteiger partial charge in [0.2, 0.25) is 0 Å². The van der Waals surface area contributed by atoms with E-state index in [1.165, 1.54) is 12.7 Å². The maximum atomic E-state index is 11.1. The van der Waals surface area contributed by atoms with Crippen LogP contribution in [0.1, 0.15) is 43.4 Å². The Morgan fingerprint density at radius 2 is 1.71 bits per heavy atom. The third-order valence-electron chi connectivity index (χ3n) is 2.65. The van der Waals surface area contributed by atoms with Gasteiger partial charge in [0.15, 0.2) is 0 Å². The molecule has 2 N–H and O–H groups in total. The van der Waals surface area contributed by atoms with Gasteiger partial charge in [-0.25, -0.2) is 0 Å². The molecule has 17 heavy (non-hydrogen) atoms. The third kappa shape index (κ3) is 4.75. The van der Waals surface area contributed by atoms with Crippen LogP contribution < -0.4 is 5.73 Å². The van der Waals surface area contributed by atoms with Crippen molar-refractivity contribution in [3.8, 4) is 0 Å². The topological polar surface area (TPSA) is 52.3 Å². The molecule has 0 aliphatic rings. The Hall–Kier alpha value is -1.06. The molecule has 0 aliphatic carbocycles. The van der Waals surface area contributed by atoms with Gasteiger partial charge in [0, 0.05) is 6.04 Å². The lowest BCUT2D eigenvalue weighted by molar-refractivity contribution is -0.141. The fourth-order valence-electron chi connectivity index (χ4n) is 1.51. The Morgan fingerprint density at radius 1 is 1.24 bits per heavy atom. The van der Waals surface area contributed by atoms with Gasteiger partial charge in [-0.05, 0) is 17.0 Å². The first kappa shape index (κ1) is 15.9. The van der Waals surface area contributed by atoms with Crippen LogP contribution in [0.5, 0.6) is 0 Å². The van der Waals surface area contributed by atoms with Crippen LogP contribution in [0.2, 0.25) is 0 Å². The normalized spacial score (nSPS) is 11.8. The molecule has 1 aromatic carbocycles. The zero-order valence-corrected chi connectivity index (χ0v) is 11.3. The van der Waals surface area contributed by atoms with Crippen LogP contribution in [0.25, 0.3) is 0 Å². The monoisotopic (exact) mass is 257 g/mol. The number of methoxy groups -OCH3 is 1. The van der Waals surface area contributed by atoms with Crippen LogP contribution in [0.3, 0.4) is 0 Å². The van der Waals surface area contributed by atoms with Gasteiger partial charge in [-0.2, -0.15) is 0 Å². The maximum Gasteiger partial charge on any atom is 0.307 e. The van der Waals surface area contributed by atoms with Crippen molar-refractivity contribution in [2.75, 3.05) is 7.11 Å². The molecule has 0 amide bonds. The van der Waals surface area contributed by atoms with Crippen molar-refractivity contribution in [1.29, 1.82) is 0 Å². The van der Waals surface area contributed by atoms with E-state index in [-0.39, 0.29) is 30.8 Å². The minimum atomic E-state index is -0.284. The molecule has 0 bridgehead atoms. The minimum Gasteiger partial charge on any atom is -0.469 e. The number of hydrogen-bond acceptors (Lipinski definition) is 3. The SMILES string of the molecule is COC(=O)C[C@@H](N)c1ccc(C(C)C)cc1.Cl. The minimum absolute atomic E-state index is 0. The summed E-state index contributed by atoms with van der Waals surface area (Å²) in [5.74, 6) is 0.228. The zero-order valence-electron chi connectivity index (χ0n) is 10.5. The molecule has 0 fully saturated rings. The summed E-state index contributed by atoms with van der Waals surface area (Å²) >= 11 is 0. The molecule has 1 rings (SSSR count). The lowest BCUT2D eigenvalue weighted by Crippen LogP contribution is -2.16. The number of nitrogens with two attached hydrogens (primary N) is 1. The molecule has 0 spiro atoms. The summed E-state index contributed by atoms with van der Waals surface area (Å²) in [5.41, 5.74) is 8.14. The summed E-state index contributed by atoms with van der Waals surface area (Å²) in [6, 6.07) is 7.77. The first-order valence-electron chi connectivity index (χ1n) is 5.47. The number of rotatable bonds is 4. The first-order chi connectivity index (χ1) is 7.54. The molecule has 4 heteroatoms. The highest BCUT2D eigenvalue weighted by Gasteiger charge is 2.11. The molecule has 0 saturated carbocycles. The average molecular weight is 258 g/mol. The van der Waals surface area contributed by atoms with Crippen molar-refractivity contribution < 1.29 is 9.53 Å². The Bertz CT molecular complexity index is 349. The molecule has 96 valence electrons. The largest absolute Gasteiger partial charge is 0.469 e. The van der Waals surface area contributed by atoms with Gasteiger partial charge in [0.05, 0.1) is 13.5 Å². The molecule has 3 nitrogen and oxygen atoms in total. The predicted molar refractivity (Wildman–Crippen MR) is 71.3 cm³/mol. The molecule has 0 radical (unpaired) electrons. The summed E-state index contributed by atoms with van der Waals surface area (Å²) in [4.78, 5) is 11.1. The Balaban J connectivity index is 0.00000256. The van der Waals surface area contributed by atoms with Gasteiger partial charge in [-0.1, -0.05) is 38.1 Å². The quantitative estimate of drug-likeness (QED) is 0.844. The second-order valence-electron chi connectivity index (χ2n) is 4.21. The van der Waals surface area contributed by atoms with Gasteiger partial charge in [0.1, 0.15) is 0 Å². The van der Waals surface area contributed by atoms with E-state index < -0.39 is 0 Å². The Kier molecular flexibility index (Phi) is 6.85. The Labute approximate surface area is 109 Å². The van der Waals surface area contributed by atoms with Gasteiger partial charge in [0.25, 0.3) is 0 Å². The highest BCUT2D eigenvalue weighted by Crippen LogP contribution is 2.19. The predicted octanol–water partition coefficient (Wildman–Crippen LogP) is 2.79. The van der Waals surface area contributed by atoms with Crippen molar-refractivity contribution in [3.63, 3.8) is 0 Å². The summed E-state index contributed by atoms with van der Waals surface area (Å²) < 4.78 is 4.59. The average Bonchev–Trinajstić information content (AvgIpc) is 2.28. The van der Waals surface area contributed by atoms with E-state index in [2.05, 4.69) is 30.7 Å². The molecule has 1 atom stereocenters. The van der Waals surface area contributed by atoms with Crippen molar-refractivity contribution in [3.05, 3.63) is 35.4 Å². The number of esters is 1. The number of carbonyl (C=O) groups is 1. The zero-order chi connectivity index (χ0) is 12.1. The van der Waals surface area contributed by atoms with E-state index in [9.17, 15) is 4.79 Å². The molecule has 0 unspecified atom stereocenters. The van der Waals surface area contributed by atoms with Crippen LogP contribution in [0, 0.1) is 0 Å². The van der Waals surface area contributed by atoms with E-state index in [1.54, 1.807) is 0 Å². The molecule has 1 aromatic rings. The maximum absolute atomic E-state index is 11.1. The second kappa shape index (κ2) is 7.30. The molecular weight excluding hydrogens is 238 g/mol. The van der Waals surface area contributed by atoms with E-state index in [0.29, 0.717) is 5.92 Å². The van der Waals surface area contributed by atoms with Gasteiger partial charge in [-0.15, -0.1) is 12.4 Å². The number of benzene rings is 1. The highest BCUT2D eigenvalue weighted by molar-refractivity contribution is 5.85. The van der Waals surface area contributed by atoms with Crippen molar-refractivity contribution in [2.24, 2.45) is 5.73 Å².